The number of para-hydroxylation sites is 1. The van der Waals surface area contributed by atoms with Crippen LogP contribution in [0, 0.1) is 0 Å². The largest absolute Gasteiger partial charge is 0.438 e. The van der Waals surface area contributed by atoms with Gasteiger partial charge in [-0.15, -0.1) is 0 Å². The van der Waals surface area contributed by atoms with E-state index in [0.29, 0.717) is 11.3 Å². The number of primary amides is 1. The van der Waals surface area contributed by atoms with Crippen LogP contribution in [0.15, 0.2) is 42.6 Å². The van der Waals surface area contributed by atoms with Crippen molar-refractivity contribution in [2.75, 3.05) is 0 Å². The van der Waals surface area contributed by atoms with Crippen LogP contribution >= 0.6 is 0 Å². The number of benzene rings is 1. The van der Waals surface area contributed by atoms with E-state index in [1.165, 1.54) is 0 Å². The molecule has 0 aliphatic carbocycles. The fourth-order valence-corrected chi connectivity index (χ4v) is 1.67. The van der Waals surface area contributed by atoms with E-state index >= 15 is 0 Å². The summed E-state index contributed by atoms with van der Waals surface area (Å²) < 4.78 is 5.59. The second-order valence-corrected chi connectivity index (χ2v) is 4.04. The smallest absolute Gasteiger partial charge is 0.252 e. The monoisotopic (exact) mass is 258 g/mol. The number of ether oxygens (including phenoxy) is 1. The van der Waals surface area contributed by atoms with Crippen LogP contribution in [0.4, 0.5) is 0 Å². The predicted octanol–water partition coefficient (Wildman–Crippen LogP) is 2.03. The molecule has 3 N–H and O–H groups in total. The minimum Gasteiger partial charge on any atom is -0.438 e. The molecule has 1 amide bonds. The van der Waals surface area contributed by atoms with Gasteiger partial charge in [-0.05, 0) is 31.2 Å². The molecule has 1 atom stereocenters. The highest BCUT2D eigenvalue weighted by Crippen LogP contribution is 2.29. The highest BCUT2D eigenvalue weighted by molar-refractivity contribution is 5.95. The highest BCUT2D eigenvalue weighted by Gasteiger charge is 2.14. The molecule has 2 rings (SSSR count). The normalized spacial score (nSPS) is 11.9. The van der Waals surface area contributed by atoms with Gasteiger partial charge in [-0.3, -0.25) is 4.79 Å². The van der Waals surface area contributed by atoms with Gasteiger partial charge in [0.2, 0.25) is 5.88 Å². The number of hydrogen-bond acceptors (Lipinski definition) is 4. The molecule has 5 nitrogen and oxygen atoms in total. The molecule has 0 spiro atoms. The maximum absolute atomic E-state index is 11.3. The van der Waals surface area contributed by atoms with Crippen molar-refractivity contribution in [1.82, 2.24) is 4.98 Å². The zero-order valence-corrected chi connectivity index (χ0v) is 10.4. The standard InChI is InChI=1S/C14H14N2O3/c1-9(17)10-6-4-8-16-14(10)19-12-7-3-2-5-11(12)13(15)18/h2-9,17H,1H3,(H2,15,18). The van der Waals surface area contributed by atoms with Gasteiger partial charge in [0, 0.05) is 11.8 Å². The molecule has 2 aromatic rings. The zero-order chi connectivity index (χ0) is 13.8. The lowest BCUT2D eigenvalue weighted by atomic mass is 10.1. The number of hydrogen-bond donors (Lipinski definition) is 2. The summed E-state index contributed by atoms with van der Waals surface area (Å²) >= 11 is 0. The first-order chi connectivity index (χ1) is 9.09. The first kappa shape index (κ1) is 13.0. The van der Waals surface area contributed by atoms with Crippen LogP contribution < -0.4 is 10.5 Å². The van der Waals surface area contributed by atoms with Gasteiger partial charge >= 0.3 is 0 Å². The average molecular weight is 258 g/mol. The summed E-state index contributed by atoms with van der Waals surface area (Å²) in [5.41, 5.74) is 6.09. The Morgan fingerprint density at radius 1 is 1.32 bits per heavy atom. The van der Waals surface area contributed by atoms with E-state index in [-0.39, 0.29) is 11.4 Å². The first-order valence-corrected chi connectivity index (χ1v) is 5.79. The van der Waals surface area contributed by atoms with E-state index in [4.69, 9.17) is 10.5 Å². The summed E-state index contributed by atoms with van der Waals surface area (Å²) in [6, 6.07) is 10.0. The lowest BCUT2D eigenvalue weighted by Crippen LogP contribution is -2.12. The molecule has 0 bridgehead atoms. The van der Waals surface area contributed by atoms with Crippen LogP contribution in [-0.4, -0.2) is 16.0 Å². The second kappa shape index (κ2) is 5.49. The molecular formula is C14H14N2O3. The van der Waals surface area contributed by atoms with Crippen molar-refractivity contribution in [2.45, 2.75) is 13.0 Å². The molecule has 1 unspecified atom stereocenters. The Hall–Kier alpha value is -2.40. The Balaban J connectivity index is 2.39. The van der Waals surface area contributed by atoms with Gasteiger partial charge < -0.3 is 15.6 Å². The fraction of sp³-hybridized carbons (Fsp3) is 0.143. The Kier molecular flexibility index (Phi) is 3.77. The molecule has 98 valence electrons. The summed E-state index contributed by atoms with van der Waals surface area (Å²) in [7, 11) is 0. The van der Waals surface area contributed by atoms with Crippen LogP contribution in [0.3, 0.4) is 0 Å². The number of pyridine rings is 1. The number of aliphatic hydroxyl groups is 1. The third-order valence-electron chi connectivity index (χ3n) is 2.61. The maximum Gasteiger partial charge on any atom is 0.252 e. The zero-order valence-electron chi connectivity index (χ0n) is 10.4. The van der Waals surface area contributed by atoms with Gasteiger partial charge in [0.05, 0.1) is 11.7 Å². The molecule has 1 heterocycles. The van der Waals surface area contributed by atoms with Gasteiger partial charge in [0.1, 0.15) is 5.75 Å². The van der Waals surface area contributed by atoms with Gasteiger partial charge in [0.25, 0.3) is 5.91 Å². The number of carbonyl (C=O) groups is 1. The Labute approximate surface area is 110 Å². The number of carbonyl (C=O) groups excluding carboxylic acids is 1. The SMILES string of the molecule is CC(O)c1cccnc1Oc1ccccc1C(N)=O. The van der Waals surface area contributed by atoms with Crippen molar-refractivity contribution in [3.05, 3.63) is 53.7 Å². The number of aliphatic hydroxyl groups excluding tert-OH is 1. The van der Waals surface area contributed by atoms with E-state index < -0.39 is 12.0 Å². The fourth-order valence-electron chi connectivity index (χ4n) is 1.67. The van der Waals surface area contributed by atoms with Crippen LogP contribution in [0.25, 0.3) is 0 Å². The lowest BCUT2D eigenvalue weighted by Gasteiger charge is -2.13. The van der Waals surface area contributed by atoms with E-state index in [2.05, 4.69) is 4.98 Å². The molecule has 5 heteroatoms. The number of aromatic nitrogens is 1. The molecular weight excluding hydrogens is 244 g/mol. The summed E-state index contributed by atoms with van der Waals surface area (Å²) in [6.45, 7) is 1.61. The van der Waals surface area contributed by atoms with Gasteiger partial charge in [0.15, 0.2) is 0 Å². The van der Waals surface area contributed by atoms with Gasteiger partial charge in [-0.1, -0.05) is 12.1 Å². The molecule has 0 fully saturated rings. The average Bonchev–Trinajstić information content (AvgIpc) is 2.39. The van der Waals surface area contributed by atoms with Crippen LogP contribution in [0.1, 0.15) is 28.9 Å². The Bertz CT molecular complexity index is 597. The van der Waals surface area contributed by atoms with Crippen molar-refractivity contribution in [3.8, 4) is 11.6 Å². The maximum atomic E-state index is 11.3. The molecule has 1 aromatic heterocycles. The number of nitrogens with two attached hydrogens (primary N) is 1. The summed E-state index contributed by atoms with van der Waals surface area (Å²) in [5.74, 6) is -0.00747. The first-order valence-electron chi connectivity index (χ1n) is 5.79. The molecule has 19 heavy (non-hydrogen) atoms. The highest BCUT2D eigenvalue weighted by atomic mass is 16.5. The third kappa shape index (κ3) is 2.89. The number of rotatable bonds is 4. The van der Waals surface area contributed by atoms with Crippen LogP contribution in [0.5, 0.6) is 11.6 Å². The Morgan fingerprint density at radius 3 is 2.74 bits per heavy atom. The minimum absolute atomic E-state index is 0.256. The quantitative estimate of drug-likeness (QED) is 0.878. The molecule has 0 saturated heterocycles. The van der Waals surface area contributed by atoms with Crippen molar-refractivity contribution in [1.29, 1.82) is 0 Å². The van der Waals surface area contributed by atoms with Gasteiger partial charge in [-0.25, -0.2) is 4.98 Å². The van der Waals surface area contributed by atoms with Crippen molar-refractivity contribution in [2.24, 2.45) is 5.73 Å². The van der Waals surface area contributed by atoms with Crippen LogP contribution in [-0.2, 0) is 0 Å². The van der Waals surface area contributed by atoms with Crippen LogP contribution in [0.2, 0.25) is 0 Å². The summed E-state index contributed by atoms with van der Waals surface area (Å²) in [5, 5.41) is 9.65. The van der Waals surface area contributed by atoms with E-state index in [9.17, 15) is 9.90 Å². The van der Waals surface area contributed by atoms with E-state index in [1.54, 1.807) is 49.5 Å². The topological polar surface area (TPSA) is 85.4 Å². The molecule has 0 aliphatic rings. The predicted molar refractivity (Wildman–Crippen MR) is 69.9 cm³/mol. The van der Waals surface area contributed by atoms with E-state index in [0.717, 1.165) is 0 Å². The number of amides is 1. The van der Waals surface area contributed by atoms with Gasteiger partial charge in [-0.2, -0.15) is 0 Å². The van der Waals surface area contributed by atoms with Crippen molar-refractivity contribution in [3.63, 3.8) is 0 Å². The molecule has 0 radical (unpaired) electrons. The summed E-state index contributed by atoms with van der Waals surface area (Å²) in [4.78, 5) is 15.4. The molecule has 0 saturated carbocycles. The number of nitrogens with zero attached hydrogens (tertiary/aromatic N) is 1. The second-order valence-electron chi connectivity index (χ2n) is 4.04. The van der Waals surface area contributed by atoms with Crippen molar-refractivity contribution >= 4 is 5.91 Å². The molecule has 1 aromatic carbocycles. The van der Waals surface area contributed by atoms with Crippen molar-refractivity contribution < 1.29 is 14.6 Å². The van der Waals surface area contributed by atoms with E-state index in [1.807, 2.05) is 0 Å². The minimum atomic E-state index is -0.718. The lowest BCUT2D eigenvalue weighted by molar-refractivity contribution is 0.0998. The summed E-state index contributed by atoms with van der Waals surface area (Å²) in [6.07, 6.45) is 0.832. The molecule has 0 aliphatic heterocycles. The third-order valence-corrected chi connectivity index (χ3v) is 2.61. The Morgan fingerprint density at radius 2 is 2.05 bits per heavy atom.